The highest BCUT2D eigenvalue weighted by Gasteiger charge is 2.74. The summed E-state index contributed by atoms with van der Waals surface area (Å²) in [5.41, 5.74) is -1.92. The third-order valence-corrected chi connectivity index (χ3v) is 8.52. The zero-order valence-corrected chi connectivity index (χ0v) is 19.1. The van der Waals surface area contributed by atoms with Gasteiger partial charge in [0.1, 0.15) is 18.2 Å². The minimum absolute atomic E-state index is 0.0151. The SMILES string of the molecule is [2H]C(C)(C)C12O[C@@H](C)C(C1=O)N(P(OCC[N+]#[C-])N(C(C)C)C(C)C)C2(C)C. The fourth-order valence-electron chi connectivity index (χ4n) is 4.78. The zero-order valence-electron chi connectivity index (χ0n) is 19.2. The van der Waals surface area contributed by atoms with E-state index in [9.17, 15) is 4.79 Å². The van der Waals surface area contributed by atoms with Gasteiger partial charge in [-0.05, 0) is 54.4 Å². The second-order valence-corrected chi connectivity index (χ2v) is 10.4. The van der Waals surface area contributed by atoms with Gasteiger partial charge in [-0.2, -0.15) is 0 Å². The third kappa shape index (κ3) is 3.36. The Balaban J connectivity index is 2.59. The lowest BCUT2D eigenvalue weighted by atomic mass is 9.75. The van der Waals surface area contributed by atoms with E-state index in [1.54, 1.807) is 13.8 Å². The van der Waals surface area contributed by atoms with Crippen LogP contribution in [0.15, 0.2) is 0 Å². The number of hydrogen-bond donors (Lipinski definition) is 0. The number of Topliss-reactive ketones (excluding diaryl/α,β-unsaturated/α-hetero) is 1. The number of ketones is 1. The lowest BCUT2D eigenvalue weighted by molar-refractivity contribution is -0.167. The summed E-state index contributed by atoms with van der Waals surface area (Å²) in [5, 5.41) is 0. The van der Waals surface area contributed by atoms with E-state index in [4.69, 9.17) is 17.2 Å². The summed E-state index contributed by atoms with van der Waals surface area (Å²) in [6, 6.07) is -0.0285. The number of ether oxygens (including phenoxy) is 1. The normalized spacial score (nSPS) is 32.4. The number of carbonyl (C=O) groups is 1. The highest BCUT2D eigenvalue weighted by atomic mass is 31.2. The van der Waals surface area contributed by atoms with Crippen molar-refractivity contribution in [1.29, 1.82) is 0 Å². The van der Waals surface area contributed by atoms with Crippen LogP contribution in [0, 0.1) is 12.5 Å². The lowest BCUT2D eigenvalue weighted by Crippen LogP contribution is -2.63. The largest absolute Gasteiger partial charge is 0.360 e. The summed E-state index contributed by atoms with van der Waals surface area (Å²) in [6.45, 7) is 25.6. The van der Waals surface area contributed by atoms with Crippen LogP contribution in [0.4, 0.5) is 0 Å². The predicted molar refractivity (Wildman–Crippen MR) is 109 cm³/mol. The standard InChI is InChI=1S/C20H36N3O3P/c1-13(2)20-18(24)17(16(7)26-20)23(19(20,8)9)27(25-12-11-21-10)22(14(3)4)15(5)6/h13-17H,11-12H2,1-9H3/t16-,17?,20?,27?/m0/s1/i13D. The number of carbonyl (C=O) groups excluding carboxylic acids is 1. The van der Waals surface area contributed by atoms with Crippen molar-refractivity contribution < 1.29 is 15.4 Å². The highest BCUT2D eigenvalue weighted by molar-refractivity contribution is 7.47. The first kappa shape index (κ1) is 21.1. The van der Waals surface area contributed by atoms with Crippen LogP contribution in [-0.4, -0.2) is 63.6 Å². The molecular formula is C20H36N3O3P. The van der Waals surface area contributed by atoms with E-state index in [1.807, 2.05) is 20.8 Å². The van der Waals surface area contributed by atoms with Crippen LogP contribution in [0.2, 0.25) is 0 Å². The first-order chi connectivity index (χ1) is 12.8. The van der Waals surface area contributed by atoms with E-state index in [-0.39, 0.29) is 30.5 Å². The molecule has 2 aliphatic rings. The quantitative estimate of drug-likeness (QED) is 0.350. The molecule has 6 nitrogen and oxygen atoms in total. The molecule has 0 N–H and O–H groups in total. The fourth-order valence-corrected chi connectivity index (χ4v) is 7.37. The molecule has 0 aromatic heterocycles. The minimum atomic E-state index is -1.31. The first-order valence-corrected chi connectivity index (χ1v) is 11.0. The Hall–Kier alpha value is -0.570. The Morgan fingerprint density at radius 2 is 1.89 bits per heavy atom. The summed E-state index contributed by atoms with van der Waals surface area (Å²) in [5.74, 6) is -1.11. The van der Waals surface area contributed by atoms with Gasteiger partial charge in [-0.15, -0.1) is 0 Å². The molecular weight excluding hydrogens is 361 g/mol. The van der Waals surface area contributed by atoms with E-state index in [1.165, 1.54) is 0 Å². The molecule has 154 valence electrons. The molecule has 2 aliphatic heterocycles. The van der Waals surface area contributed by atoms with E-state index in [0.717, 1.165) is 0 Å². The van der Waals surface area contributed by atoms with Gasteiger partial charge in [0.2, 0.25) is 6.54 Å². The number of rotatable bonds is 8. The van der Waals surface area contributed by atoms with Gasteiger partial charge in [0.25, 0.3) is 0 Å². The molecule has 3 unspecified atom stereocenters. The van der Waals surface area contributed by atoms with Crippen molar-refractivity contribution in [2.45, 2.75) is 97.7 Å². The summed E-state index contributed by atoms with van der Waals surface area (Å²) in [7, 11) is -1.31. The molecule has 2 fully saturated rings. The Morgan fingerprint density at radius 1 is 1.33 bits per heavy atom. The number of nitrogens with zero attached hydrogens (tertiary/aromatic N) is 3. The Bertz CT molecular complexity index is 636. The summed E-state index contributed by atoms with van der Waals surface area (Å²) in [6.07, 6.45) is -0.305. The van der Waals surface area contributed by atoms with Crippen LogP contribution in [-0.2, 0) is 14.1 Å². The van der Waals surface area contributed by atoms with Crippen LogP contribution >= 0.6 is 8.45 Å². The van der Waals surface area contributed by atoms with Crippen LogP contribution in [0.25, 0.3) is 4.85 Å². The van der Waals surface area contributed by atoms with Crippen molar-refractivity contribution in [2.75, 3.05) is 13.2 Å². The Kier molecular flexibility index (Phi) is 6.30. The molecule has 2 bridgehead atoms. The van der Waals surface area contributed by atoms with Crippen molar-refractivity contribution in [2.24, 2.45) is 5.89 Å². The molecule has 0 aromatic carbocycles. The van der Waals surface area contributed by atoms with E-state index in [0.29, 0.717) is 6.61 Å². The predicted octanol–water partition coefficient (Wildman–Crippen LogP) is 4.11. The maximum Gasteiger partial charge on any atom is 0.238 e. The van der Waals surface area contributed by atoms with Gasteiger partial charge in [0, 0.05) is 13.5 Å². The van der Waals surface area contributed by atoms with Crippen LogP contribution in [0.3, 0.4) is 0 Å². The summed E-state index contributed by atoms with van der Waals surface area (Å²) in [4.78, 5) is 17.0. The highest BCUT2D eigenvalue weighted by Crippen LogP contribution is 2.64. The molecule has 2 saturated heterocycles. The molecule has 4 atom stereocenters. The van der Waals surface area contributed by atoms with Gasteiger partial charge < -0.3 is 14.1 Å². The van der Waals surface area contributed by atoms with E-state index < -0.39 is 31.5 Å². The van der Waals surface area contributed by atoms with Crippen molar-refractivity contribution in [3.8, 4) is 0 Å². The molecule has 0 spiro atoms. The molecule has 27 heavy (non-hydrogen) atoms. The van der Waals surface area contributed by atoms with Gasteiger partial charge in [0.05, 0.1) is 11.6 Å². The third-order valence-electron chi connectivity index (χ3n) is 5.67. The van der Waals surface area contributed by atoms with E-state index >= 15 is 0 Å². The average Bonchev–Trinajstić information content (AvgIpc) is 2.88. The van der Waals surface area contributed by atoms with Gasteiger partial charge in [-0.3, -0.25) is 4.79 Å². The molecule has 0 saturated carbocycles. The monoisotopic (exact) mass is 398 g/mol. The van der Waals surface area contributed by atoms with Crippen LogP contribution in [0.5, 0.6) is 0 Å². The smallest absolute Gasteiger partial charge is 0.238 e. The zero-order chi connectivity index (χ0) is 21.7. The van der Waals surface area contributed by atoms with Gasteiger partial charge in [-0.25, -0.2) is 15.9 Å². The minimum Gasteiger partial charge on any atom is -0.360 e. The lowest BCUT2D eigenvalue weighted by Gasteiger charge is -2.54. The summed E-state index contributed by atoms with van der Waals surface area (Å²) >= 11 is 0. The fraction of sp³-hybridized carbons (Fsp3) is 0.900. The van der Waals surface area contributed by atoms with Gasteiger partial charge >= 0.3 is 0 Å². The summed E-state index contributed by atoms with van der Waals surface area (Å²) < 4.78 is 25.9. The Morgan fingerprint density at radius 3 is 2.30 bits per heavy atom. The molecule has 0 amide bonds. The maximum atomic E-state index is 13.6. The second-order valence-electron chi connectivity index (χ2n) is 8.75. The number of morpholine rings is 1. The molecule has 2 heterocycles. The van der Waals surface area contributed by atoms with E-state index in [2.05, 4.69) is 41.9 Å². The molecule has 0 aromatic rings. The average molecular weight is 399 g/mol. The molecule has 0 radical (unpaired) electrons. The van der Waals surface area contributed by atoms with Crippen molar-refractivity contribution in [3.05, 3.63) is 11.4 Å². The number of fused-ring (bicyclic) bond motifs is 2. The molecule has 7 heteroatoms. The Labute approximate surface area is 167 Å². The van der Waals surface area contributed by atoms with Crippen LogP contribution in [0.1, 0.15) is 63.7 Å². The van der Waals surface area contributed by atoms with Gasteiger partial charge in [0.15, 0.2) is 14.2 Å². The van der Waals surface area contributed by atoms with Crippen molar-refractivity contribution in [1.82, 2.24) is 9.34 Å². The molecule has 0 aliphatic carbocycles. The second kappa shape index (κ2) is 8.05. The van der Waals surface area contributed by atoms with Crippen molar-refractivity contribution >= 4 is 14.2 Å². The molecule has 2 rings (SSSR count). The topological polar surface area (TPSA) is 46.4 Å². The van der Waals surface area contributed by atoms with Crippen LogP contribution < -0.4 is 0 Å². The van der Waals surface area contributed by atoms with Gasteiger partial charge in [-0.1, -0.05) is 13.8 Å². The first-order valence-electron chi connectivity index (χ1n) is 10.3. The van der Waals surface area contributed by atoms with Crippen molar-refractivity contribution in [3.63, 3.8) is 0 Å². The maximum absolute atomic E-state index is 13.6. The number of hydrogen-bond acceptors (Lipinski definition) is 5.